The zero-order valence-corrected chi connectivity index (χ0v) is 18.4. The molecule has 1 heterocycles. The summed E-state index contributed by atoms with van der Waals surface area (Å²) in [7, 11) is -4.78. The molecule has 1 N–H and O–H groups in total. The molecule has 6 nitrogen and oxygen atoms in total. The quantitative estimate of drug-likeness (QED) is 0.478. The van der Waals surface area contributed by atoms with Gasteiger partial charge in [0.15, 0.2) is 0 Å². The van der Waals surface area contributed by atoms with Gasteiger partial charge in [0.1, 0.15) is 0 Å². The minimum absolute atomic E-state index is 0.100. The minimum atomic E-state index is -5.20. The Bertz CT molecular complexity index is 1320. The van der Waals surface area contributed by atoms with Crippen LogP contribution in [0, 0.1) is 0 Å². The van der Waals surface area contributed by atoms with E-state index in [1.165, 1.54) is 12.1 Å². The number of halogens is 7. The van der Waals surface area contributed by atoms with E-state index in [1.807, 2.05) is 4.72 Å². The summed E-state index contributed by atoms with van der Waals surface area (Å²) in [5.74, 6) is 0. The Morgan fingerprint density at radius 3 is 1.97 bits per heavy atom. The summed E-state index contributed by atoms with van der Waals surface area (Å²) in [6.07, 6.45) is -10.4. The summed E-state index contributed by atoms with van der Waals surface area (Å²) in [4.78, 5) is 10.8. The molecule has 0 saturated carbocycles. The molecule has 3 aromatic rings. The summed E-state index contributed by atoms with van der Waals surface area (Å²) in [5.41, 5.74) is -3.18. The van der Waals surface area contributed by atoms with Gasteiger partial charge in [-0.3, -0.25) is 4.79 Å². The van der Waals surface area contributed by atoms with Crippen molar-refractivity contribution in [3.05, 3.63) is 81.1 Å². The predicted molar refractivity (Wildman–Crippen MR) is 111 cm³/mol. The van der Waals surface area contributed by atoms with Crippen LogP contribution in [0.5, 0.6) is 0 Å². The summed E-state index contributed by atoms with van der Waals surface area (Å²) in [6, 6.07) is 9.07. The summed E-state index contributed by atoms with van der Waals surface area (Å²) >= 11 is 5.82. The van der Waals surface area contributed by atoms with Gasteiger partial charge >= 0.3 is 12.4 Å². The number of nitrogens with zero attached hydrogens (tertiary/aromatic N) is 2. The number of sulfonamides is 1. The van der Waals surface area contributed by atoms with Gasteiger partial charge in [0.2, 0.25) is 10.0 Å². The standard InChI is InChI=1S/C20H14ClF6N3O3S/c21-15-3-1-12(2-4-15)17-5-6-18(31)30(29-17)8-7-28-34(32,33)16-10-13(19(22,23)24)9-14(11-16)20(25,26)27/h1-6,9-11,28H,7-8H2. The predicted octanol–water partition coefficient (Wildman–Crippen LogP) is 4.58. The van der Waals surface area contributed by atoms with Crippen molar-refractivity contribution < 1.29 is 34.8 Å². The molecular formula is C20H14ClF6N3O3S. The van der Waals surface area contributed by atoms with Crippen LogP contribution in [0.2, 0.25) is 5.02 Å². The number of hydrogen-bond donors (Lipinski definition) is 1. The number of aromatic nitrogens is 2. The van der Waals surface area contributed by atoms with Gasteiger partial charge in [0.05, 0.1) is 28.3 Å². The second-order valence-electron chi connectivity index (χ2n) is 6.93. The van der Waals surface area contributed by atoms with Crippen LogP contribution in [0.15, 0.2) is 64.3 Å². The normalized spacial score (nSPS) is 12.7. The number of rotatable bonds is 6. The minimum Gasteiger partial charge on any atom is -0.268 e. The molecule has 1 aromatic heterocycles. The van der Waals surface area contributed by atoms with Crippen LogP contribution in [0.1, 0.15) is 11.1 Å². The molecule has 2 aromatic carbocycles. The first kappa shape index (κ1) is 25.7. The second-order valence-corrected chi connectivity index (χ2v) is 9.13. The largest absolute Gasteiger partial charge is 0.416 e. The molecule has 0 saturated heterocycles. The number of hydrogen-bond acceptors (Lipinski definition) is 4. The molecule has 0 amide bonds. The van der Waals surface area contributed by atoms with E-state index in [-0.39, 0.29) is 24.7 Å². The molecule has 14 heteroatoms. The molecule has 0 bridgehead atoms. The Balaban J connectivity index is 1.83. The van der Waals surface area contributed by atoms with Gasteiger partial charge < -0.3 is 0 Å². The summed E-state index contributed by atoms with van der Waals surface area (Å²) < 4.78 is 106. The Hall–Kier alpha value is -2.90. The van der Waals surface area contributed by atoms with E-state index in [4.69, 9.17) is 11.6 Å². The molecule has 0 fully saturated rings. The van der Waals surface area contributed by atoms with Gasteiger partial charge in [-0.25, -0.2) is 17.8 Å². The zero-order chi connectivity index (χ0) is 25.3. The second kappa shape index (κ2) is 9.39. The van der Waals surface area contributed by atoms with Crippen LogP contribution >= 0.6 is 11.6 Å². The highest BCUT2D eigenvalue weighted by atomic mass is 35.5. The fourth-order valence-corrected chi connectivity index (χ4v) is 4.05. The van der Waals surface area contributed by atoms with Gasteiger partial charge in [-0.2, -0.15) is 31.4 Å². The Labute approximate surface area is 193 Å². The Kier molecular flexibility index (Phi) is 7.10. The van der Waals surface area contributed by atoms with Gasteiger partial charge in [0, 0.05) is 23.2 Å². The monoisotopic (exact) mass is 525 g/mol. The van der Waals surface area contributed by atoms with Crippen LogP contribution < -0.4 is 10.3 Å². The van der Waals surface area contributed by atoms with Crippen molar-refractivity contribution in [2.75, 3.05) is 6.54 Å². The van der Waals surface area contributed by atoms with Crippen molar-refractivity contribution in [1.82, 2.24) is 14.5 Å². The van der Waals surface area contributed by atoms with E-state index in [1.54, 1.807) is 24.3 Å². The smallest absolute Gasteiger partial charge is 0.268 e. The lowest BCUT2D eigenvalue weighted by molar-refractivity contribution is -0.143. The topological polar surface area (TPSA) is 81.1 Å². The van der Waals surface area contributed by atoms with Crippen molar-refractivity contribution in [1.29, 1.82) is 0 Å². The van der Waals surface area contributed by atoms with Crippen LogP contribution in [0.25, 0.3) is 11.3 Å². The first-order chi connectivity index (χ1) is 15.7. The highest BCUT2D eigenvalue weighted by molar-refractivity contribution is 7.89. The maximum absolute atomic E-state index is 13.0. The van der Waals surface area contributed by atoms with Crippen LogP contribution in [-0.4, -0.2) is 24.7 Å². The molecule has 0 aliphatic rings. The maximum atomic E-state index is 13.0. The molecule has 182 valence electrons. The van der Waals surface area contributed by atoms with Crippen molar-refractivity contribution in [3.8, 4) is 11.3 Å². The van der Waals surface area contributed by atoms with E-state index in [2.05, 4.69) is 5.10 Å². The molecule has 0 atom stereocenters. The highest BCUT2D eigenvalue weighted by Crippen LogP contribution is 2.37. The van der Waals surface area contributed by atoms with Crippen molar-refractivity contribution in [2.45, 2.75) is 23.8 Å². The molecule has 0 spiro atoms. The fraction of sp³-hybridized carbons (Fsp3) is 0.200. The van der Waals surface area contributed by atoms with E-state index < -0.39 is 50.5 Å². The van der Waals surface area contributed by atoms with E-state index in [9.17, 15) is 39.6 Å². The lowest BCUT2D eigenvalue weighted by Crippen LogP contribution is -2.32. The number of alkyl halides is 6. The molecular weight excluding hydrogens is 512 g/mol. The van der Waals surface area contributed by atoms with E-state index in [0.717, 1.165) is 4.68 Å². The lowest BCUT2D eigenvalue weighted by Gasteiger charge is -2.15. The third-order valence-electron chi connectivity index (χ3n) is 4.49. The molecule has 0 unspecified atom stereocenters. The average Bonchev–Trinajstić information content (AvgIpc) is 2.74. The van der Waals surface area contributed by atoms with Crippen molar-refractivity contribution in [3.63, 3.8) is 0 Å². The highest BCUT2D eigenvalue weighted by Gasteiger charge is 2.38. The van der Waals surface area contributed by atoms with Crippen LogP contribution in [0.4, 0.5) is 26.3 Å². The summed E-state index contributed by atoms with van der Waals surface area (Å²) in [6.45, 7) is -0.874. The van der Waals surface area contributed by atoms with Crippen molar-refractivity contribution >= 4 is 21.6 Å². The molecule has 3 rings (SSSR count). The first-order valence-electron chi connectivity index (χ1n) is 9.30. The Morgan fingerprint density at radius 2 is 1.44 bits per heavy atom. The maximum Gasteiger partial charge on any atom is 0.416 e. The SMILES string of the molecule is O=c1ccc(-c2ccc(Cl)cc2)nn1CCNS(=O)(=O)c1cc(C(F)(F)F)cc(C(F)(F)F)c1. The Morgan fingerprint density at radius 1 is 0.882 bits per heavy atom. The lowest BCUT2D eigenvalue weighted by atomic mass is 10.1. The third kappa shape index (κ3) is 6.15. The first-order valence-corrected chi connectivity index (χ1v) is 11.2. The molecule has 0 aliphatic heterocycles. The number of nitrogens with one attached hydrogen (secondary N) is 1. The average molecular weight is 526 g/mol. The van der Waals surface area contributed by atoms with E-state index >= 15 is 0 Å². The van der Waals surface area contributed by atoms with Crippen LogP contribution in [0.3, 0.4) is 0 Å². The zero-order valence-electron chi connectivity index (χ0n) is 16.8. The molecule has 0 aliphatic carbocycles. The van der Waals surface area contributed by atoms with Gasteiger partial charge in [-0.15, -0.1) is 0 Å². The third-order valence-corrected chi connectivity index (χ3v) is 6.19. The summed E-state index contributed by atoms with van der Waals surface area (Å²) in [5, 5.41) is 4.55. The van der Waals surface area contributed by atoms with Crippen molar-refractivity contribution in [2.24, 2.45) is 0 Å². The molecule has 34 heavy (non-hydrogen) atoms. The van der Waals surface area contributed by atoms with Gasteiger partial charge in [-0.05, 0) is 36.4 Å². The van der Waals surface area contributed by atoms with Gasteiger partial charge in [-0.1, -0.05) is 23.7 Å². The number of benzene rings is 2. The van der Waals surface area contributed by atoms with E-state index in [0.29, 0.717) is 16.3 Å². The molecule has 0 radical (unpaired) electrons. The fourth-order valence-electron chi connectivity index (χ4n) is 2.83. The van der Waals surface area contributed by atoms with Gasteiger partial charge in [0.25, 0.3) is 5.56 Å². The van der Waals surface area contributed by atoms with Crippen LogP contribution in [-0.2, 0) is 28.9 Å².